The molecular weight excluding hydrogens is 386 g/mol. The van der Waals surface area contributed by atoms with Gasteiger partial charge in [0.25, 0.3) is 10.0 Å². The number of hydrogen-bond acceptors (Lipinski definition) is 3. The predicted molar refractivity (Wildman–Crippen MR) is 109 cm³/mol. The van der Waals surface area contributed by atoms with Gasteiger partial charge >= 0.3 is 0 Å². The van der Waals surface area contributed by atoms with Gasteiger partial charge in [-0.3, -0.25) is 4.72 Å². The van der Waals surface area contributed by atoms with Gasteiger partial charge < -0.3 is 0 Å². The van der Waals surface area contributed by atoms with Crippen molar-refractivity contribution >= 4 is 39.1 Å². The maximum Gasteiger partial charge on any atom is 0.261 e. The zero-order valence-corrected chi connectivity index (χ0v) is 16.8. The smallest absolute Gasteiger partial charge is 0.261 e. The van der Waals surface area contributed by atoms with Gasteiger partial charge in [0.05, 0.1) is 4.90 Å². The van der Waals surface area contributed by atoms with Crippen LogP contribution in [0.3, 0.4) is 0 Å². The monoisotopic (exact) mass is 403 g/mol. The summed E-state index contributed by atoms with van der Waals surface area (Å²) in [7, 11) is -3.63. The van der Waals surface area contributed by atoms with Crippen molar-refractivity contribution in [3.05, 3.63) is 82.9 Å². The van der Waals surface area contributed by atoms with E-state index in [-0.39, 0.29) is 4.90 Å². The van der Waals surface area contributed by atoms with Crippen LogP contribution in [0, 0.1) is 13.8 Å². The molecule has 0 aliphatic rings. The van der Waals surface area contributed by atoms with Crippen molar-refractivity contribution < 1.29 is 8.42 Å². The number of nitrogens with one attached hydrogen (secondary N) is 1. The topological polar surface area (TPSA) is 46.2 Å². The summed E-state index contributed by atoms with van der Waals surface area (Å²) in [5, 5.41) is 0.497. The Morgan fingerprint density at radius 2 is 1.54 bits per heavy atom. The first-order valence-corrected chi connectivity index (χ1v) is 10.6. The van der Waals surface area contributed by atoms with Gasteiger partial charge in [-0.1, -0.05) is 41.1 Å². The molecule has 6 heteroatoms. The number of aryl methyl sites for hydroxylation is 2. The van der Waals surface area contributed by atoms with Crippen LogP contribution in [-0.2, 0) is 10.0 Å². The Balaban J connectivity index is 1.74. The van der Waals surface area contributed by atoms with E-state index in [1.54, 1.807) is 36.0 Å². The number of hydrogen-bond donors (Lipinski definition) is 1. The standard InChI is InChI=1S/C20H18ClNO2S2/c1-14-3-12-20(15(2)13-14)25-18-8-6-17(7-9-18)22-26(23,24)19-10-4-16(21)5-11-19/h3-13,22H,1-2H3. The summed E-state index contributed by atoms with van der Waals surface area (Å²) in [6.45, 7) is 4.16. The van der Waals surface area contributed by atoms with Crippen LogP contribution >= 0.6 is 23.4 Å². The van der Waals surface area contributed by atoms with Gasteiger partial charge in [0, 0.05) is 20.5 Å². The molecule has 0 atom stereocenters. The second-order valence-corrected chi connectivity index (χ2v) is 9.19. The number of anilines is 1. The van der Waals surface area contributed by atoms with E-state index in [9.17, 15) is 8.42 Å². The number of benzene rings is 3. The first kappa shape index (κ1) is 18.8. The van der Waals surface area contributed by atoms with E-state index in [0.717, 1.165) is 4.90 Å². The zero-order valence-electron chi connectivity index (χ0n) is 14.4. The van der Waals surface area contributed by atoms with Crippen LogP contribution in [0.25, 0.3) is 0 Å². The van der Waals surface area contributed by atoms with E-state index in [0.29, 0.717) is 10.7 Å². The lowest BCUT2D eigenvalue weighted by atomic mass is 10.2. The third-order valence-corrected chi connectivity index (χ3v) is 6.62. The van der Waals surface area contributed by atoms with Gasteiger partial charge in [-0.25, -0.2) is 8.42 Å². The van der Waals surface area contributed by atoms with Crippen LogP contribution < -0.4 is 4.72 Å². The average molecular weight is 404 g/mol. The van der Waals surface area contributed by atoms with E-state index in [1.807, 2.05) is 12.1 Å². The molecule has 0 aliphatic carbocycles. The first-order chi connectivity index (χ1) is 12.3. The summed E-state index contributed by atoms with van der Waals surface area (Å²) in [4.78, 5) is 2.41. The fourth-order valence-electron chi connectivity index (χ4n) is 2.46. The molecule has 0 aromatic heterocycles. The molecule has 0 unspecified atom stereocenters. The van der Waals surface area contributed by atoms with Crippen LogP contribution in [0.5, 0.6) is 0 Å². The minimum absolute atomic E-state index is 0.177. The van der Waals surface area contributed by atoms with Crippen LogP contribution in [0.4, 0.5) is 5.69 Å². The van der Waals surface area contributed by atoms with Crippen molar-refractivity contribution in [1.82, 2.24) is 0 Å². The van der Waals surface area contributed by atoms with Gasteiger partial charge in [-0.15, -0.1) is 0 Å². The zero-order chi connectivity index (χ0) is 18.7. The summed E-state index contributed by atoms with van der Waals surface area (Å²) in [5.41, 5.74) is 2.98. The van der Waals surface area contributed by atoms with Gasteiger partial charge in [0.1, 0.15) is 0 Å². The minimum atomic E-state index is -3.63. The lowest BCUT2D eigenvalue weighted by molar-refractivity contribution is 0.601. The Bertz CT molecular complexity index is 1010. The fraction of sp³-hybridized carbons (Fsp3) is 0.100. The van der Waals surface area contributed by atoms with E-state index in [1.165, 1.54) is 28.2 Å². The molecule has 0 aliphatic heterocycles. The van der Waals surface area contributed by atoms with Crippen molar-refractivity contribution in [2.45, 2.75) is 28.5 Å². The molecule has 3 aromatic rings. The van der Waals surface area contributed by atoms with Gasteiger partial charge in [-0.05, 0) is 74.0 Å². The van der Waals surface area contributed by atoms with Crippen molar-refractivity contribution in [3.8, 4) is 0 Å². The molecule has 0 radical (unpaired) electrons. The van der Waals surface area contributed by atoms with Crippen molar-refractivity contribution in [2.75, 3.05) is 4.72 Å². The summed E-state index contributed by atoms with van der Waals surface area (Å²) < 4.78 is 27.4. The highest BCUT2D eigenvalue weighted by Crippen LogP contribution is 2.31. The molecule has 3 nitrogen and oxygen atoms in total. The quantitative estimate of drug-likeness (QED) is 0.576. The van der Waals surface area contributed by atoms with E-state index >= 15 is 0 Å². The van der Waals surface area contributed by atoms with Gasteiger partial charge in [0.15, 0.2) is 0 Å². The highest BCUT2D eigenvalue weighted by atomic mass is 35.5. The molecule has 1 N–H and O–H groups in total. The second kappa shape index (κ2) is 7.74. The molecule has 0 bridgehead atoms. The largest absolute Gasteiger partial charge is 0.280 e. The second-order valence-electron chi connectivity index (χ2n) is 5.95. The highest BCUT2D eigenvalue weighted by Gasteiger charge is 2.14. The SMILES string of the molecule is Cc1ccc(Sc2ccc(NS(=O)(=O)c3ccc(Cl)cc3)cc2)c(C)c1. The summed E-state index contributed by atoms with van der Waals surface area (Å²) >= 11 is 7.46. The maximum absolute atomic E-state index is 12.4. The van der Waals surface area contributed by atoms with E-state index in [2.05, 4.69) is 36.8 Å². The molecule has 0 saturated carbocycles. The van der Waals surface area contributed by atoms with Crippen molar-refractivity contribution in [3.63, 3.8) is 0 Å². The van der Waals surface area contributed by atoms with Gasteiger partial charge in [-0.2, -0.15) is 0 Å². The van der Waals surface area contributed by atoms with E-state index < -0.39 is 10.0 Å². The Kier molecular flexibility index (Phi) is 5.61. The number of halogens is 1. The summed E-state index contributed by atoms with van der Waals surface area (Å²) in [5.74, 6) is 0. The van der Waals surface area contributed by atoms with Crippen molar-refractivity contribution in [2.24, 2.45) is 0 Å². The Morgan fingerprint density at radius 1 is 0.885 bits per heavy atom. The normalized spacial score (nSPS) is 11.3. The fourth-order valence-corrected chi connectivity index (χ4v) is 4.53. The van der Waals surface area contributed by atoms with E-state index in [4.69, 9.17) is 11.6 Å². The van der Waals surface area contributed by atoms with Crippen LogP contribution in [-0.4, -0.2) is 8.42 Å². The lowest BCUT2D eigenvalue weighted by Gasteiger charge is -2.10. The molecule has 134 valence electrons. The van der Waals surface area contributed by atoms with Crippen LogP contribution in [0.1, 0.15) is 11.1 Å². The third kappa shape index (κ3) is 4.61. The Labute approximate surface area is 163 Å². The molecule has 0 amide bonds. The molecule has 26 heavy (non-hydrogen) atoms. The maximum atomic E-state index is 12.4. The molecule has 0 saturated heterocycles. The Morgan fingerprint density at radius 3 is 2.15 bits per heavy atom. The van der Waals surface area contributed by atoms with Crippen LogP contribution in [0.15, 0.2) is 81.4 Å². The average Bonchev–Trinajstić information content (AvgIpc) is 2.59. The third-order valence-electron chi connectivity index (χ3n) is 3.79. The highest BCUT2D eigenvalue weighted by molar-refractivity contribution is 7.99. The first-order valence-electron chi connectivity index (χ1n) is 7.97. The molecule has 0 heterocycles. The Hall–Kier alpha value is -1.95. The van der Waals surface area contributed by atoms with Crippen LogP contribution in [0.2, 0.25) is 5.02 Å². The number of rotatable bonds is 5. The summed E-state index contributed by atoms with van der Waals surface area (Å²) in [6.07, 6.45) is 0. The van der Waals surface area contributed by atoms with Crippen molar-refractivity contribution in [1.29, 1.82) is 0 Å². The molecule has 3 rings (SSSR count). The minimum Gasteiger partial charge on any atom is -0.280 e. The lowest BCUT2D eigenvalue weighted by Crippen LogP contribution is -2.12. The molecule has 0 spiro atoms. The predicted octanol–water partition coefficient (Wildman–Crippen LogP) is 5.91. The summed E-state index contributed by atoms with van der Waals surface area (Å²) in [6, 6.07) is 19.8. The molecule has 0 fully saturated rings. The molecular formula is C20H18ClNO2S2. The molecule has 3 aromatic carbocycles. The number of sulfonamides is 1. The van der Waals surface area contributed by atoms with Gasteiger partial charge in [0.2, 0.25) is 0 Å².